The molecule has 0 spiro atoms. The predicted octanol–water partition coefficient (Wildman–Crippen LogP) is 1.95. The maximum absolute atomic E-state index is 12.0. The third-order valence-corrected chi connectivity index (χ3v) is 3.44. The van der Waals surface area contributed by atoms with E-state index in [2.05, 4.69) is 9.97 Å². The van der Waals surface area contributed by atoms with Crippen molar-refractivity contribution < 1.29 is 4.79 Å². The van der Waals surface area contributed by atoms with Gasteiger partial charge >= 0.3 is 0 Å². The summed E-state index contributed by atoms with van der Waals surface area (Å²) >= 11 is 5.85. The lowest BCUT2D eigenvalue weighted by Gasteiger charge is -2.35. The number of halogens is 1. The van der Waals surface area contributed by atoms with Gasteiger partial charge in [0.2, 0.25) is 5.28 Å². The molecule has 1 aliphatic rings. The number of ketones is 1. The number of rotatable bonds is 0. The summed E-state index contributed by atoms with van der Waals surface area (Å²) < 4.78 is 0. The molecule has 16 heavy (non-hydrogen) atoms. The SMILES string of the molecule is Cc1nc(Cl)nc2c1C(C)C(=O)[C@H](C)N2C. The molecule has 2 rings (SSSR count). The second kappa shape index (κ2) is 3.70. The molecule has 1 aliphatic heterocycles. The molecule has 0 N–H and O–H groups in total. The normalized spacial score (nSPS) is 24.6. The Morgan fingerprint density at radius 2 is 1.94 bits per heavy atom. The summed E-state index contributed by atoms with van der Waals surface area (Å²) in [6.07, 6.45) is 0. The van der Waals surface area contributed by atoms with Gasteiger partial charge in [-0.3, -0.25) is 4.79 Å². The van der Waals surface area contributed by atoms with Gasteiger partial charge in [0.15, 0.2) is 5.78 Å². The number of fused-ring (bicyclic) bond motifs is 1. The van der Waals surface area contributed by atoms with Gasteiger partial charge in [0, 0.05) is 24.2 Å². The summed E-state index contributed by atoms with van der Waals surface area (Å²) in [7, 11) is 1.86. The number of aryl methyl sites for hydroxylation is 1. The van der Waals surface area contributed by atoms with Gasteiger partial charge in [-0.1, -0.05) is 6.92 Å². The van der Waals surface area contributed by atoms with Crippen molar-refractivity contribution in [1.82, 2.24) is 9.97 Å². The van der Waals surface area contributed by atoms with E-state index >= 15 is 0 Å². The molecule has 2 atom stereocenters. The first-order valence-electron chi connectivity index (χ1n) is 5.24. The predicted molar refractivity (Wildman–Crippen MR) is 63.1 cm³/mol. The highest BCUT2D eigenvalue weighted by Gasteiger charge is 2.35. The Balaban J connectivity index is 2.68. The Labute approximate surface area is 99.6 Å². The maximum Gasteiger partial charge on any atom is 0.224 e. The van der Waals surface area contributed by atoms with Crippen LogP contribution in [0.2, 0.25) is 5.28 Å². The molecule has 0 amide bonds. The van der Waals surface area contributed by atoms with Gasteiger partial charge in [-0.05, 0) is 25.4 Å². The van der Waals surface area contributed by atoms with Crippen molar-refractivity contribution >= 4 is 23.2 Å². The van der Waals surface area contributed by atoms with Crippen LogP contribution in [0.25, 0.3) is 0 Å². The van der Waals surface area contributed by atoms with Crippen molar-refractivity contribution in [3.63, 3.8) is 0 Å². The summed E-state index contributed by atoms with van der Waals surface area (Å²) in [6.45, 7) is 5.64. The molecule has 5 heteroatoms. The number of carbonyl (C=O) groups is 1. The number of anilines is 1. The van der Waals surface area contributed by atoms with Gasteiger partial charge < -0.3 is 4.90 Å². The fraction of sp³-hybridized carbons (Fsp3) is 0.545. The molecule has 2 heterocycles. The minimum Gasteiger partial charge on any atom is -0.349 e. The van der Waals surface area contributed by atoms with Crippen LogP contribution in [-0.2, 0) is 4.79 Å². The number of hydrogen-bond acceptors (Lipinski definition) is 4. The Morgan fingerprint density at radius 1 is 1.31 bits per heavy atom. The average Bonchev–Trinajstić information content (AvgIpc) is 2.22. The zero-order chi connectivity index (χ0) is 12.0. The minimum atomic E-state index is -0.159. The van der Waals surface area contributed by atoms with Gasteiger partial charge in [0.25, 0.3) is 0 Å². The van der Waals surface area contributed by atoms with Crippen LogP contribution in [0.15, 0.2) is 0 Å². The highest BCUT2D eigenvalue weighted by molar-refractivity contribution is 6.28. The van der Waals surface area contributed by atoms with Gasteiger partial charge in [-0.25, -0.2) is 9.97 Å². The third-order valence-electron chi connectivity index (χ3n) is 3.28. The number of hydrogen-bond donors (Lipinski definition) is 0. The summed E-state index contributed by atoms with van der Waals surface area (Å²) in [5.74, 6) is 0.819. The summed E-state index contributed by atoms with van der Waals surface area (Å²) in [6, 6.07) is -0.159. The van der Waals surface area contributed by atoms with Gasteiger partial charge in [-0.2, -0.15) is 0 Å². The van der Waals surface area contributed by atoms with Crippen LogP contribution in [0.3, 0.4) is 0 Å². The number of aromatic nitrogens is 2. The molecule has 0 aliphatic carbocycles. The van der Waals surface area contributed by atoms with E-state index in [4.69, 9.17) is 11.6 Å². The Hall–Kier alpha value is -1.16. The number of Topliss-reactive ketones (excluding diaryl/α,β-unsaturated/α-hetero) is 1. The van der Waals surface area contributed by atoms with E-state index in [0.717, 1.165) is 17.1 Å². The molecular formula is C11H14ClN3O. The number of carbonyl (C=O) groups excluding carboxylic acids is 1. The first kappa shape index (κ1) is 11.3. The molecule has 0 bridgehead atoms. The van der Waals surface area contributed by atoms with E-state index < -0.39 is 0 Å². The Kier molecular flexibility index (Phi) is 2.62. The lowest BCUT2D eigenvalue weighted by molar-refractivity contribution is -0.121. The van der Waals surface area contributed by atoms with Crippen LogP contribution >= 0.6 is 11.6 Å². The molecule has 86 valence electrons. The lowest BCUT2D eigenvalue weighted by atomic mass is 9.87. The van der Waals surface area contributed by atoms with Crippen molar-refractivity contribution in [1.29, 1.82) is 0 Å². The van der Waals surface area contributed by atoms with E-state index in [1.807, 2.05) is 32.7 Å². The molecule has 4 nitrogen and oxygen atoms in total. The topological polar surface area (TPSA) is 46.1 Å². The highest BCUT2D eigenvalue weighted by atomic mass is 35.5. The molecular weight excluding hydrogens is 226 g/mol. The zero-order valence-electron chi connectivity index (χ0n) is 9.78. The molecule has 1 aromatic heterocycles. The van der Waals surface area contributed by atoms with Crippen LogP contribution in [0, 0.1) is 6.92 Å². The number of likely N-dealkylation sites (N-methyl/N-ethyl adjacent to an activating group) is 1. The van der Waals surface area contributed by atoms with Gasteiger partial charge in [0.1, 0.15) is 5.82 Å². The Morgan fingerprint density at radius 3 is 2.56 bits per heavy atom. The average molecular weight is 240 g/mol. The van der Waals surface area contributed by atoms with Crippen LogP contribution in [0.4, 0.5) is 5.82 Å². The third kappa shape index (κ3) is 1.48. The van der Waals surface area contributed by atoms with E-state index in [-0.39, 0.29) is 23.0 Å². The van der Waals surface area contributed by atoms with Crippen molar-refractivity contribution in [2.45, 2.75) is 32.7 Å². The van der Waals surface area contributed by atoms with Crippen LogP contribution in [0.1, 0.15) is 31.0 Å². The molecule has 0 radical (unpaired) electrons. The van der Waals surface area contributed by atoms with E-state index in [1.54, 1.807) is 0 Å². The van der Waals surface area contributed by atoms with Crippen molar-refractivity contribution in [3.05, 3.63) is 16.5 Å². The van der Waals surface area contributed by atoms with Gasteiger partial charge in [0.05, 0.1) is 6.04 Å². The largest absolute Gasteiger partial charge is 0.349 e. The van der Waals surface area contributed by atoms with Crippen molar-refractivity contribution in [3.8, 4) is 0 Å². The fourth-order valence-corrected chi connectivity index (χ4v) is 2.39. The van der Waals surface area contributed by atoms with E-state index in [1.165, 1.54) is 0 Å². The van der Waals surface area contributed by atoms with Crippen LogP contribution in [0.5, 0.6) is 0 Å². The highest BCUT2D eigenvalue weighted by Crippen LogP contribution is 2.35. The number of nitrogens with zero attached hydrogens (tertiary/aromatic N) is 3. The molecule has 0 fully saturated rings. The minimum absolute atomic E-state index is 0.154. The van der Waals surface area contributed by atoms with Gasteiger partial charge in [-0.15, -0.1) is 0 Å². The standard InChI is InChI=1S/C11H14ClN3O/c1-5-8-6(2)13-11(12)14-10(8)15(4)7(3)9(5)16/h5,7H,1-4H3/t5?,7-/m0/s1. The second-order valence-corrected chi connectivity index (χ2v) is 4.56. The fourth-order valence-electron chi connectivity index (χ4n) is 2.19. The molecule has 0 aromatic carbocycles. The maximum atomic E-state index is 12.0. The summed E-state index contributed by atoms with van der Waals surface area (Å²) in [5, 5.41) is 0.233. The van der Waals surface area contributed by atoms with Crippen LogP contribution < -0.4 is 4.90 Å². The van der Waals surface area contributed by atoms with Crippen molar-refractivity contribution in [2.24, 2.45) is 0 Å². The summed E-state index contributed by atoms with van der Waals surface area (Å²) in [5.41, 5.74) is 1.68. The summed E-state index contributed by atoms with van der Waals surface area (Å²) in [4.78, 5) is 22.2. The van der Waals surface area contributed by atoms with Crippen LogP contribution in [-0.4, -0.2) is 28.8 Å². The first-order chi connectivity index (χ1) is 7.43. The molecule has 0 saturated carbocycles. The monoisotopic (exact) mass is 239 g/mol. The van der Waals surface area contributed by atoms with E-state index in [0.29, 0.717) is 0 Å². The quantitative estimate of drug-likeness (QED) is 0.650. The molecule has 0 saturated heterocycles. The smallest absolute Gasteiger partial charge is 0.224 e. The second-order valence-electron chi connectivity index (χ2n) is 4.23. The Bertz CT molecular complexity index is 461. The van der Waals surface area contributed by atoms with E-state index in [9.17, 15) is 4.79 Å². The first-order valence-corrected chi connectivity index (χ1v) is 5.62. The lowest BCUT2D eigenvalue weighted by Crippen LogP contribution is -2.44. The molecule has 1 unspecified atom stereocenters. The zero-order valence-corrected chi connectivity index (χ0v) is 10.5. The molecule has 1 aromatic rings. The van der Waals surface area contributed by atoms with Crippen molar-refractivity contribution in [2.75, 3.05) is 11.9 Å².